The first-order valence-electron chi connectivity index (χ1n) is 4.73. The first kappa shape index (κ1) is 9.09. The van der Waals surface area contributed by atoms with Crippen LogP contribution >= 0.6 is 11.8 Å². The van der Waals surface area contributed by atoms with E-state index in [1.807, 2.05) is 22.6 Å². The minimum Gasteiger partial charge on any atom is -0.308 e. The molecule has 4 heteroatoms. The van der Waals surface area contributed by atoms with E-state index < -0.39 is 0 Å². The molecule has 1 N–H and O–H groups in total. The molecule has 1 aliphatic rings. The Bertz CT molecular complexity index is 266. The van der Waals surface area contributed by atoms with Gasteiger partial charge in [0.15, 0.2) is 0 Å². The second kappa shape index (κ2) is 4.15. The van der Waals surface area contributed by atoms with Crippen molar-refractivity contribution in [2.24, 2.45) is 0 Å². The Hall–Kier alpha value is -0.480. The molecule has 1 aromatic rings. The van der Waals surface area contributed by atoms with Crippen LogP contribution in [0.4, 0.5) is 0 Å². The number of thioether (sulfide) groups is 1. The van der Waals surface area contributed by atoms with Crippen LogP contribution in [0.2, 0.25) is 0 Å². The van der Waals surface area contributed by atoms with Gasteiger partial charge in [-0.2, -0.15) is 16.9 Å². The van der Waals surface area contributed by atoms with Crippen molar-refractivity contribution in [1.82, 2.24) is 15.1 Å². The fourth-order valence-electron chi connectivity index (χ4n) is 1.51. The third-order valence-electron chi connectivity index (χ3n) is 2.30. The summed E-state index contributed by atoms with van der Waals surface area (Å²) in [6.45, 7) is 4.19. The summed E-state index contributed by atoms with van der Waals surface area (Å²) in [5.41, 5.74) is 1.33. The maximum atomic E-state index is 4.28. The van der Waals surface area contributed by atoms with E-state index >= 15 is 0 Å². The number of hydrogen-bond donors (Lipinski definition) is 1. The lowest BCUT2D eigenvalue weighted by Gasteiger charge is -2.21. The normalized spacial score (nSPS) is 23.3. The molecule has 13 heavy (non-hydrogen) atoms. The van der Waals surface area contributed by atoms with E-state index in [0.717, 1.165) is 13.1 Å². The number of hydrogen-bond acceptors (Lipinski definition) is 3. The lowest BCUT2D eigenvalue weighted by molar-refractivity contribution is 0.592. The van der Waals surface area contributed by atoms with Gasteiger partial charge >= 0.3 is 0 Å². The van der Waals surface area contributed by atoms with Crippen molar-refractivity contribution in [2.45, 2.75) is 19.5 Å². The molecular weight excluding hydrogens is 182 g/mol. The Morgan fingerprint density at radius 3 is 3.31 bits per heavy atom. The molecule has 2 heterocycles. The maximum Gasteiger partial charge on any atom is 0.0537 e. The van der Waals surface area contributed by atoms with Crippen LogP contribution in [0.15, 0.2) is 12.4 Å². The van der Waals surface area contributed by atoms with Gasteiger partial charge in [0.25, 0.3) is 0 Å². The summed E-state index contributed by atoms with van der Waals surface area (Å²) in [5.74, 6) is 2.41. The van der Waals surface area contributed by atoms with Crippen LogP contribution in [-0.2, 0) is 6.54 Å². The van der Waals surface area contributed by atoms with Gasteiger partial charge in [0.1, 0.15) is 0 Å². The molecular formula is C9H15N3S. The van der Waals surface area contributed by atoms with Crippen molar-refractivity contribution < 1.29 is 0 Å². The summed E-state index contributed by atoms with van der Waals surface area (Å²) in [6.07, 6.45) is 4.12. The van der Waals surface area contributed by atoms with Crippen LogP contribution in [-0.4, -0.2) is 27.8 Å². The largest absolute Gasteiger partial charge is 0.308 e. The van der Waals surface area contributed by atoms with Crippen molar-refractivity contribution in [3.63, 3.8) is 0 Å². The second-order valence-electron chi connectivity index (χ2n) is 3.21. The predicted molar refractivity (Wildman–Crippen MR) is 56.0 cm³/mol. The molecule has 1 atom stereocenters. The third-order valence-corrected chi connectivity index (χ3v) is 3.36. The molecule has 0 aliphatic carbocycles. The van der Waals surface area contributed by atoms with Crippen LogP contribution in [0.25, 0.3) is 0 Å². The van der Waals surface area contributed by atoms with Gasteiger partial charge < -0.3 is 5.32 Å². The van der Waals surface area contributed by atoms with Gasteiger partial charge in [-0.25, -0.2) is 0 Å². The Morgan fingerprint density at radius 1 is 1.77 bits per heavy atom. The van der Waals surface area contributed by atoms with Crippen LogP contribution in [0, 0.1) is 0 Å². The Kier molecular flexibility index (Phi) is 2.90. The summed E-state index contributed by atoms with van der Waals surface area (Å²) >= 11 is 2.02. The van der Waals surface area contributed by atoms with Crippen LogP contribution in [0.1, 0.15) is 18.5 Å². The van der Waals surface area contributed by atoms with E-state index in [1.54, 1.807) is 0 Å². The highest BCUT2D eigenvalue weighted by molar-refractivity contribution is 7.99. The Morgan fingerprint density at radius 2 is 2.69 bits per heavy atom. The lowest BCUT2D eigenvalue weighted by atomic mass is 10.2. The van der Waals surface area contributed by atoms with Gasteiger partial charge in [-0.3, -0.25) is 4.68 Å². The van der Waals surface area contributed by atoms with Gasteiger partial charge in [-0.15, -0.1) is 0 Å². The fourth-order valence-corrected chi connectivity index (χ4v) is 2.49. The van der Waals surface area contributed by atoms with Gasteiger partial charge in [-0.05, 0) is 6.92 Å². The second-order valence-corrected chi connectivity index (χ2v) is 4.36. The molecule has 0 bridgehead atoms. The highest BCUT2D eigenvalue weighted by Gasteiger charge is 2.15. The molecule has 1 aromatic heterocycles. The number of nitrogens with one attached hydrogen (secondary N) is 1. The first-order chi connectivity index (χ1) is 6.40. The highest BCUT2D eigenvalue weighted by Crippen LogP contribution is 2.20. The Balaban J connectivity index is 2.05. The van der Waals surface area contributed by atoms with E-state index in [0.29, 0.717) is 6.04 Å². The molecule has 1 fully saturated rings. The zero-order valence-corrected chi connectivity index (χ0v) is 8.68. The Labute approximate surface area is 82.9 Å². The zero-order chi connectivity index (χ0) is 9.10. The molecule has 72 valence electrons. The minimum absolute atomic E-state index is 0.513. The predicted octanol–water partition coefficient (Wildman–Crippen LogP) is 1.28. The monoisotopic (exact) mass is 197 g/mol. The standard InChI is InChI=1S/C9H15N3S/c1-2-12-6-8(5-11-12)9-7-13-4-3-10-9/h5-6,9-10H,2-4,7H2,1H3/t9-/m0/s1. The average molecular weight is 197 g/mol. The molecule has 0 aromatic carbocycles. The van der Waals surface area contributed by atoms with E-state index in [4.69, 9.17) is 0 Å². The molecule has 0 unspecified atom stereocenters. The molecule has 0 spiro atoms. The van der Waals surface area contributed by atoms with Crippen LogP contribution in [0.5, 0.6) is 0 Å². The molecule has 3 nitrogen and oxygen atoms in total. The molecule has 1 saturated heterocycles. The number of rotatable bonds is 2. The molecule has 0 saturated carbocycles. The third kappa shape index (κ3) is 2.06. The number of aromatic nitrogens is 2. The fraction of sp³-hybridized carbons (Fsp3) is 0.667. The average Bonchev–Trinajstić information content (AvgIpc) is 2.67. The van der Waals surface area contributed by atoms with Gasteiger partial charge in [-0.1, -0.05) is 0 Å². The summed E-state index contributed by atoms with van der Waals surface area (Å²) in [6, 6.07) is 0.513. The molecule has 2 rings (SSSR count). The zero-order valence-electron chi connectivity index (χ0n) is 7.86. The van der Waals surface area contributed by atoms with E-state index in [1.165, 1.54) is 17.1 Å². The highest BCUT2D eigenvalue weighted by atomic mass is 32.2. The van der Waals surface area contributed by atoms with Crippen molar-refractivity contribution in [3.8, 4) is 0 Å². The molecule has 1 aliphatic heterocycles. The van der Waals surface area contributed by atoms with Crippen molar-refractivity contribution in [2.75, 3.05) is 18.1 Å². The van der Waals surface area contributed by atoms with Crippen molar-refractivity contribution in [3.05, 3.63) is 18.0 Å². The molecule has 0 amide bonds. The maximum absolute atomic E-state index is 4.28. The van der Waals surface area contributed by atoms with E-state index in [-0.39, 0.29) is 0 Å². The van der Waals surface area contributed by atoms with E-state index in [2.05, 4.69) is 23.5 Å². The van der Waals surface area contributed by atoms with Gasteiger partial charge in [0, 0.05) is 42.4 Å². The lowest BCUT2D eigenvalue weighted by Crippen LogP contribution is -2.29. The van der Waals surface area contributed by atoms with Crippen LogP contribution < -0.4 is 5.32 Å². The topological polar surface area (TPSA) is 29.9 Å². The quantitative estimate of drug-likeness (QED) is 0.774. The van der Waals surface area contributed by atoms with Crippen molar-refractivity contribution in [1.29, 1.82) is 0 Å². The summed E-state index contributed by atoms with van der Waals surface area (Å²) in [7, 11) is 0. The van der Waals surface area contributed by atoms with Gasteiger partial charge in [0.2, 0.25) is 0 Å². The smallest absolute Gasteiger partial charge is 0.0537 e. The molecule has 0 radical (unpaired) electrons. The minimum atomic E-state index is 0.513. The van der Waals surface area contributed by atoms with E-state index in [9.17, 15) is 0 Å². The van der Waals surface area contributed by atoms with Crippen LogP contribution in [0.3, 0.4) is 0 Å². The van der Waals surface area contributed by atoms with Gasteiger partial charge in [0.05, 0.1) is 6.20 Å². The SMILES string of the molecule is CCn1cc([C@@H]2CSCCN2)cn1. The summed E-state index contributed by atoms with van der Waals surface area (Å²) < 4.78 is 1.98. The number of aryl methyl sites for hydroxylation is 1. The number of nitrogens with zero attached hydrogens (tertiary/aromatic N) is 2. The first-order valence-corrected chi connectivity index (χ1v) is 5.89. The summed E-state index contributed by atoms with van der Waals surface area (Å²) in [5, 5.41) is 7.78. The summed E-state index contributed by atoms with van der Waals surface area (Å²) in [4.78, 5) is 0. The van der Waals surface area contributed by atoms with Crippen molar-refractivity contribution >= 4 is 11.8 Å².